The third-order valence-corrected chi connectivity index (χ3v) is 3.26. The Morgan fingerprint density at radius 3 is 2.74 bits per heavy atom. The fourth-order valence-electron chi connectivity index (χ4n) is 1.56. The summed E-state index contributed by atoms with van der Waals surface area (Å²) in [6.45, 7) is 3.36. The highest BCUT2D eigenvalue weighted by Crippen LogP contribution is 2.05. The lowest BCUT2D eigenvalue weighted by atomic mass is 10.2. The molecular weight excluding hydrogens is 260 g/mol. The standard InChI is InChI=1S/C13H22N4OS/c1-3-14-13(18)11-7-8-12(17-16-11)15-9-5-4-6-10-19-2/h7-8H,3-6,9-10H2,1-2H3,(H,14,18)(H,15,17). The molecule has 0 fully saturated rings. The zero-order valence-corrected chi connectivity index (χ0v) is 12.4. The van der Waals surface area contributed by atoms with E-state index in [4.69, 9.17) is 0 Å². The molecule has 0 saturated carbocycles. The molecule has 0 aliphatic rings. The average molecular weight is 282 g/mol. The number of nitrogens with one attached hydrogen (secondary N) is 2. The van der Waals surface area contributed by atoms with Gasteiger partial charge in [-0.15, -0.1) is 10.2 Å². The fraction of sp³-hybridized carbons (Fsp3) is 0.615. The van der Waals surface area contributed by atoms with Crippen LogP contribution in [0.4, 0.5) is 5.82 Å². The van der Waals surface area contributed by atoms with E-state index < -0.39 is 0 Å². The largest absolute Gasteiger partial charge is 0.369 e. The van der Waals surface area contributed by atoms with Crippen LogP contribution in [0.1, 0.15) is 36.7 Å². The summed E-state index contributed by atoms with van der Waals surface area (Å²) in [4.78, 5) is 11.5. The molecule has 0 spiro atoms. The Bertz CT molecular complexity index is 369. The molecular formula is C13H22N4OS. The van der Waals surface area contributed by atoms with Crippen molar-refractivity contribution in [1.29, 1.82) is 0 Å². The van der Waals surface area contributed by atoms with Crippen LogP contribution in [0.15, 0.2) is 12.1 Å². The number of hydrogen-bond donors (Lipinski definition) is 2. The van der Waals surface area contributed by atoms with Crippen molar-refractivity contribution in [3.8, 4) is 0 Å². The second-order valence-corrected chi connectivity index (χ2v) is 5.13. The van der Waals surface area contributed by atoms with Crippen LogP contribution in [0, 0.1) is 0 Å². The van der Waals surface area contributed by atoms with Crippen molar-refractivity contribution in [3.63, 3.8) is 0 Å². The van der Waals surface area contributed by atoms with Crippen LogP contribution in [-0.4, -0.2) is 41.2 Å². The van der Waals surface area contributed by atoms with Crippen LogP contribution in [0.3, 0.4) is 0 Å². The first-order valence-corrected chi connectivity index (χ1v) is 8.02. The molecule has 0 aromatic carbocycles. The van der Waals surface area contributed by atoms with E-state index in [1.54, 1.807) is 12.1 Å². The number of anilines is 1. The van der Waals surface area contributed by atoms with Crippen molar-refractivity contribution in [1.82, 2.24) is 15.5 Å². The second kappa shape index (κ2) is 9.61. The monoisotopic (exact) mass is 282 g/mol. The molecule has 19 heavy (non-hydrogen) atoms. The molecule has 0 aliphatic carbocycles. The van der Waals surface area contributed by atoms with E-state index in [1.807, 2.05) is 18.7 Å². The molecule has 0 atom stereocenters. The van der Waals surface area contributed by atoms with Gasteiger partial charge in [0.05, 0.1) is 0 Å². The number of carbonyl (C=O) groups excluding carboxylic acids is 1. The second-order valence-electron chi connectivity index (χ2n) is 4.14. The van der Waals surface area contributed by atoms with Crippen molar-refractivity contribution in [2.45, 2.75) is 26.2 Å². The van der Waals surface area contributed by atoms with Crippen LogP contribution in [-0.2, 0) is 0 Å². The van der Waals surface area contributed by atoms with Gasteiger partial charge in [-0.25, -0.2) is 0 Å². The van der Waals surface area contributed by atoms with Gasteiger partial charge in [-0.05, 0) is 43.9 Å². The first kappa shape index (κ1) is 15.8. The minimum atomic E-state index is -0.182. The van der Waals surface area contributed by atoms with E-state index in [9.17, 15) is 4.79 Å². The smallest absolute Gasteiger partial charge is 0.271 e. The van der Waals surface area contributed by atoms with Crippen molar-refractivity contribution in [3.05, 3.63) is 17.8 Å². The molecule has 6 heteroatoms. The summed E-state index contributed by atoms with van der Waals surface area (Å²) in [5, 5.41) is 13.8. The molecule has 0 aliphatic heterocycles. The first-order chi connectivity index (χ1) is 9.27. The zero-order valence-electron chi connectivity index (χ0n) is 11.6. The van der Waals surface area contributed by atoms with Crippen molar-refractivity contribution in [2.24, 2.45) is 0 Å². The maximum absolute atomic E-state index is 11.5. The number of unbranched alkanes of at least 4 members (excludes halogenated alkanes) is 2. The van der Waals surface area contributed by atoms with E-state index in [0.29, 0.717) is 12.2 Å². The summed E-state index contributed by atoms with van der Waals surface area (Å²) in [7, 11) is 0. The summed E-state index contributed by atoms with van der Waals surface area (Å²) in [6, 6.07) is 3.48. The highest BCUT2D eigenvalue weighted by Gasteiger charge is 2.05. The third kappa shape index (κ3) is 6.42. The number of rotatable bonds is 9. The van der Waals surface area contributed by atoms with Gasteiger partial charge < -0.3 is 10.6 Å². The van der Waals surface area contributed by atoms with Crippen molar-refractivity contribution < 1.29 is 4.79 Å². The number of thioether (sulfide) groups is 1. The van der Waals surface area contributed by atoms with E-state index in [-0.39, 0.29) is 5.91 Å². The van der Waals surface area contributed by atoms with Gasteiger partial charge >= 0.3 is 0 Å². The molecule has 0 radical (unpaired) electrons. The quantitative estimate of drug-likeness (QED) is 0.680. The summed E-state index contributed by atoms with van der Waals surface area (Å²) in [5.74, 6) is 1.76. The van der Waals surface area contributed by atoms with E-state index in [0.717, 1.165) is 18.8 Å². The highest BCUT2D eigenvalue weighted by atomic mass is 32.2. The SMILES string of the molecule is CCNC(=O)c1ccc(NCCCCCSC)nn1. The average Bonchev–Trinajstić information content (AvgIpc) is 2.43. The van der Waals surface area contributed by atoms with Gasteiger partial charge in [-0.1, -0.05) is 6.42 Å². The number of amides is 1. The minimum absolute atomic E-state index is 0.182. The summed E-state index contributed by atoms with van der Waals surface area (Å²) in [6.07, 6.45) is 5.73. The van der Waals surface area contributed by atoms with Gasteiger partial charge in [0.1, 0.15) is 5.82 Å². The van der Waals surface area contributed by atoms with Gasteiger partial charge in [0.2, 0.25) is 0 Å². The van der Waals surface area contributed by atoms with Gasteiger partial charge in [-0.2, -0.15) is 11.8 Å². The lowest BCUT2D eigenvalue weighted by Gasteiger charge is -2.05. The molecule has 106 valence electrons. The van der Waals surface area contributed by atoms with Crippen LogP contribution < -0.4 is 10.6 Å². The normalized spacial score (nSPS) is 10.2. The predicted octanol–water partition coefficient (Wildman–Crippen LogP) is 2.17. The molecule has 5 nitrogen and oxygen atoms in total. The summed E-state index contributed by atoms with van der Waals surface area (Å²) >= 11 is 1.88. The van der Waals surface area contributed by atoms with Crippen LogP contribution in [0.5, 0.6) is 0 Å². The Balaban J connectivity index is 2.26. The Labute approximate surface area is 119 Å². The maximum Gasteiger partial charge on any atom is 0.271 e. The predicted molar refractivity (Wildman–Crippen MR) is 80.8 cm³/mol. The molecule has 0 bridgehead atoms. The number of nitrogens with zero attached hydrogens (tertiary/aromatic N) is 2. The lowest BCUT2D eigenvalue weighted by molar-refractivity contribution is 0.0950. The Hall–Kier alpha value is -1.30. The van der Waals surface area contributed by atoms with Crippen LogP contribution in [0.25, 0.3) is 0 Å². The molecule has 1 heterocycles. The van der Waals surface area contributed by atoms with Crippen molar-refractivity contribution in [2.75, 3.05) is 30.4 Å². The summed E-state index contributed by atoms with van der Waals surface area (Å²) < 4.78 is 0. The van der Waals surface area contributed by atoms with Gasteiger partial charge in [0.15, 0.2) is 5.69 Å². The minimum Gasteiger partial charge on any atom is -0.369 e. The number of aromatic nitrogens is 2. The van der Waals surface area contributed by atoms with Crippen molar-refractivity contribution >= 4 is 23.5 Å². The van der Waals surface area contributed by atoms with E-state index in [1.165, 1.54) is 18.6 Å². The Morgan fingerprint density at radius 2 is 2.11 bits per heavy atom. The van der Waals surface area contributed by atoms with Gasteiger partial charge in [0, 0.05) is 13.1 Å². The molecule has 1 amide bonds. The summed E-state index contributed by atoms with van der Waals surface area (Å²) in [5.41, 5.74) is 0.354. The molecule has 1 aromatic heterocycles. The fourth-order valence-corrected chi connectivity index (χ4v) is 2.06. The van der Waals surface area contributed by atoms with E-state index >= 15 is 0 Å². The molecule has 1 rings (SSSR count). The van der Waals surface area contributed by atoms with Crippen LogP contribution in [0.2, 0.25) is 0 Å². The Kier molecular flexibility index (Phi) is 7.97. The zero-order chi connectivity index (χ0) is 13.9. The topological polar surface area (TPSA) is 66.9 Å². The molecule has 1 aromatic rings. The number of hydrogen-bond acceptors (Lipinski definition) is 5. The number of carbonyl (C=O) groups is 1. The highest BCUT2D eigenvalue weighted by molar-refractivity contribution is 7.98. The first-order valence-electron chi connectivity index (χ1n) is 6.62. The third-order valence-electron chi connectivity index (χ3n) is 2.57. The molecule has 2 N–H and O–H groups in total. The van der Waals surface area contributed by atoms with E-state index in [2.05, 4.69) is 27.1 Å². The van der Waals surface area contributed by atoms with Crippen LogP contribution >= 0.6 is 11.8 Å². The molecule has 0 saturated heterocycles. The lowest BCUT2D eigenvalue weighted by Crippen LogP contribution is -2.24. The van der Waals surface area contributed by atoms with Gasteiger partial charge in [-0.3, -0.25) is 4.79 Å². The van der Waals surface area contributed by atoms with Gasteiger partial charge in [0.25, 0.3) is 5.91 Å². The maximum atomic E-state index is 11.5. The molecule has 0 unspecified atom stereocenters. The Morgan fingerprint density at radius 1 is 1.26 bits per heavy atom.